The first kappa shape index (κ1) is 28.7. The van der Waals surface area contributed by atoms with E-state index in [-0.39, 0.29) is 17.9 Å². The minimum atomic E-state index is -4.00. The highest BCUT2D eigenvalue weighted by Gasteiger charge is 2.35. The van der Waals surface area contributed by atoms with E-state index in [0.717, 1.165) is 56.4 Å². The van der Waals surface area contributed by atoms with Crippen LogP contribution in [0.3, 0.4) is 0 Å². The third kappa shape index (κ3) is 6.41. The summed E-state index contributed by atoms with van der Waals surface area (Å²) in [5, 5.41) is 2.82. The van der Waals surface area contributed by atoms with E-state index in [9.17, 15) is 18.0 Å². The zero-order chi connectivity index (χ0) is 28.4. The van der Waals surface area contributed by atoms with Crippen molar-refractivity contribution in [3.05, 3.63) is 58.1 Å². The molecule has 10 heteroatoms. The van der Waals surface area contributed by atoms with Crippen LogP contribution in [0.5, 0.6) is 5.75 Å². The first-order valence-electron chi connectivity index (χ1n) is 14.2. The van der Waals surface area contributed by atoms with E-state index in [1.54, 1.807) is 25.1 Å². The Balaban J connectivity index is 1.52. The molecule has 2 N–H and O–H groups in total. The van der Waals surface area contributed by atoms with Crippen molar-refractivity contribution in [2.45, 2.75) is 64.2 Å². The average Bonchev–Trinajstić information content (AvgIpc) is 2.93. The SMILES string of the molecule is C[C@H]1CC(=O)NC[C@@H]2CC[C@H]2CN2CCCCc3cc(Cl)ccc3COc3ccc(cc32)C(=O)NS(=O)(=O)[C@H]1C. The topological polar surface area (TPSA) is 105 Å². The van der Waals surface area contributed by atoms with Crippen molar-refractivity contribution in [2.75, 3.05) is 24.5 Å². The van der Waals surface area contributed by atoms with Crippen molar-refractivity contribution >= 4 is 39.1 Å². The second-order valence-electron chi connectivity index (χ2n) is 11.6. The van der Waals surface area contributed by atoms with Gasteiger partial charge in [-0.05, 0) is 98.2 Å². The van der Waals surface area contributed by atoms with Gasteiger partial charge in [-0.1, -0.05) is 24.6 Å². The molecule has 1 saturated carbocycles. The fourth-order valence-electron chi connectivity index (χ4n) is 5.87. The van der Waals surface area contributed by atoms with Gasteiger partial charge in [-0.25, -0.2) is 13.1 Å². The monoisotopic (exact) mass is 587 g/mol. The molecule has 1 fully saturated rings. The van der Waals surface area contributed by atoms with E-state index in [1.165, 1.54) is 12.5 Å². The number of hydrogen-bond donors (Lipinski definition) is 2. The molecular weight excluding hydrogens is 550 g/mol. The van der Waals surface area contributed by atoms with E-state index >= 15 is 0 Å². The number of ether oxygens (including phenoxy) is 1. The van der Waals surface area contributed by atoms with Crippen molar-refractivity contribution in [1.29, 1.82) is 0 Å². The van der Waals surface area contributed by atoms with Gasteiger partial charge in [0.1, 0.15) is 12.4 Å². The lowest BCUT2D eigenvalue weighted by atomic mass is 9.73. The summed E-state index contributed by atoms with van der Waals surface area (Å²) in [7, 11) is -4.00. The molecule has 0 unspecified atom stereocenters. The number of anilines is 1. The van der Waals surface area contributed by atoms with Gasteiger partial charge in [0, 0.05) is 36.6 Å². The fraction of sp³-hybridized carbons (Fsp3) is 0.533. The van der Waals surface area contributed by atoms with E-state index in [0.29, 0.717) is 35.8 Å². The Kier molecular flexibility index (Phi) is 8.61. The highest BCUT2D eigenvalue weighted by molar-refractivity contribution is 7.90. The predicted octanol–water partition coefficient (Wildman–Crippen LogP) is 4.69. The second kappa shape index (κ2) is 12.0. The third-order valence-corrected chi connectivity index (χ3v) is 11.0. The number of fused-ring (bicyclic) bond motifs is 3. The fourth-order valence-corrected chi connectivity index (χ4v) is 7.34. The number of nitrogens with zero attached hydrogens (tertiary/aromatic N) is 1. The lowest BCUT2D eigenvalue weighted by molar-refractivity contribution is -0.122. The molecule has 5 rings (SSSR count). The number of rotatable bonds is 0. The number of aryl methyl sites for hydroxylation is 1. The van der Waals surface area contributed by atoms with Crippen molar-refractivity contribution in [2.24, 2.45) is 17.8 Å². The molecule has 0 radical (unpaired) electrons. The molecule has 216 valence electrons. The predicted molar refractivity (Wildman–Crippen MR) is 156 cm³/mol. The van der Waals surface area contributed by atoms with Crippen molar-refractivity contribution in [1.82, 2.24) is 10.0 Å². The van der Waals surface area contributed by atoms with Crippen LogP contribution in [-0.4, -0.2) is 45.1 Å². The Morgan fingerprint density at radius 2 is 1.80 bits per heavy atom. The second-order valence-corrected chi connectivity index (χ2v) is 14.0. The van der Waals surface area contributed by atoms with Crippen LogP contribution >= 0.6 is 11.6 Å². The molecule has 1 aliphatic carbocycles. The van der Waals surface area contributed by atoms with Gasteiger partial charge in [-0.2, -0.15) is 0 Å². The molecule has 0 saturated heterocycles. The van der Waals surface area contributed by atoms with Gasteiger partial charge >= 0.3 is 0 Å². The molecule has 2 aliphatic heterocycles. The molecule has 40 heavy (non-hydrogen) atoms. The number of halogens is 1. The molecule has 3 aliphatic rings. The van der Waals surface area contributed by atoms with Gasteiger partial charge in [0.2, 0.25) is 15.9 Å². The van der Waals surface area contributed by atoms with Gasteiger partial charge in [-0.3, -0.25) is 9.59 Å². The molecule has 2 aromatic rings. The zero-order valence-electron chi connectivity index (χ0n) is 23.1. The Labute approximate surface area is 241 Å². The summed E-state index contributed by atoms with van der Waals surface area (Å²) in [6, 6.07) is 11.0. The lowest BCUT2D eigenvalue weighted by Crippen LogP contribution is -2.45. The molecule has 4 atom stereocenters. The molecule has 2 aromatic carbocycles. The summed E-state index contributed by atoms with van der Waals surface area (Å²) >= 11 is 6.29. The van der Waals surface area contributed by atoms with E-state index in [1.807, 2.05) is 18.2 Å². The van der Waals surface area contributed by atoms with Gasteiger partial charge in [0.25, 0.3) is 5.91 Å². The molecule has 2 bridgehead atoms. The quantitative estimate of drug-likeness (QED) is 0.463. The first-order chi connectivity index (χ1) is 19.1. The molecule has 0 aromatic heterocycles. The summed E-state index contributed by atoms with van der Waals surface area (Å²) in [6.07, 6.45) is 4.99. The summed E-state index contributed by atoms with van der Waals surface area (Å²) in [4.78, 5) is 28.2. The number of carbonyl (C=O) groups is 2. The number of benzene rings is 2. The maximum atomic E-state index is 13.2. The van der Waals surface area contributed by atoms with Crippen LogP contribution in [0, 0.1) is 17.8 Å². The zero-order valence-corrected chi connectivity index (χ0v) is 24.7. The van der Waals surface area contributed by atoms with Crippen LogP contribution in [-0.2, 0) is 27.8 Å². The number of sulfonamides is 1. The average molecular weight is 588 g/mol. The van der Waals surface area contributed by atoms with Crippen LogP contribution in [0.2, 0.25) is 5.02 Å². The largest absolute Gasteiger partial charge is 0.487 e. The van der Waals surface area contributed by atoms with Gasteiger partial charge in [0.05, 0.1) is 10.9 Å². The van der Waals surface area contributed by atoms with Crippen LogP contribution in [0.1, 0.15) is 67.4 Å². The number of amides is 2. The molecule has 2 heterocycles. The molecule has 8 nitrogen and oxygen atoms in total. The van der Waals surface area contributed by atoms with Crippen LogP contribution < -0.4 is 19.7 Å². The summed E-state index contributed by atoms with van der Waals surface area (Å²) in [5.41, 5.74) is 3.29. The maximum absolute atomic E-state index is 13.2. The Morgan fingerprint density at radius 3 is 2.58 bits per heavy atom. The van der Waals surface area contributed by atoms with Crippen LogP contribution in [0.25, 0.3) is 0 Å². The number of nitrogens with one attached hydrogen (secondary N) is 2. The van der Waals surface area contributed by atoms with Gasteiger partial charge in [0.15, 0.2) is 0 Å². The van der Waals surface area contributed by atoms with Gasteiger partial charge < -0.3 is 15.0 Å². The smallest absolute Gasteiger partial charge is 0.264 e. The van der Waals surface area contributed by atoms with Crippen molar-refractivity contribution < 1.29 is 22.7 Å². The maximum Gasteiger partial charge on any atom is 0.264 e. The Hall–Kier alpha value is -2.78. The molecular formula is C30H38ClN3O5S. The van der Waals surface area contributed by atoms with Crippen molar-refractivity contribution in [3.63, 3.8) is 0 Å². The highest BCUT2D eigenvalue weighted by Crippen LogP contribution is 2.39. The Bertz CT molecular complexity index is 1380. The number of hydrogen-bond acceptors (Lipinski definition) is 6. The van der Waals surface area contributed by atoms with Crippen LogP contribution in [0.15, 0.2) is 36.4 Å². The number of carbonyl (C=O) groups excluding carboxylic acids is 2. The minimum absolute atomic E-state index is 0.0869. The Morgan fingerprint density at radius 1 is 1.00 bits per heavy atom. The summed E-state index contributed by atoms with van der Waals surface area (Å²) in [6.45, 7) is 5.74. The minimum Gasteiger partial charge on any atom is -0.487 e. The summed E-state index contributed by atoms with van der Waals surface area (Å²) in [5.74, 6) is 0.104. The van der Waals surface area contributed by atoms with E-state index in [2.05, 4.69) is 14.9 Å². The normalized spacial score (nSPS) is 27.4. The standard InChI is InChI=1S/C30H38ClN3O5S/c1-19-13-29(35)32-16-23-6-7-24(23)17-34-12-4-3-5-21-14-26(31)10-8-25(21)18-39-28-11-9-22(15-27(28)34)30(36)33-40(37,38)20(19)2/h8-11,14-15,19-20,23-24H,3-7,12-13,16-18H2,1-2H3,(H,32,35)(H,33,36)/t19-,20-,23-,24-/m0/s1. The van der Waals surface area contributed by atoms with E-state index < -0.39 is 27.1 Å². The highest BCUT2D eigenvalue weighted by atomic mass is 35.5. The lowest BCUT2D eigenvalue weighted by Gasteiger charge is -2.41. The third-order valence-electron chi connectivity index (χ3n) is 8.86. The van der Waals surface area contributed by atoms with Gasteiger partial charge in [-0.15, -0.1) is 0 Å². The van der Waals surface area contributed by atoms with Crippen LogP contribution in [0.4, 0.5) is 5.69 Å². The van der Waals surface area contributed by atoms with Crippen molar-refractivity contribution in [3.8, 4) is 5.75 Å². The first-order valence-corrected chi connectivity index (χ1v) is 16.1. The summed E-state index contributed by atoms with van der Waals surface area (Å²) < 4.78 is 34.8. The molecule has 2 amide bonds. The molecule has 0 spiro atoms. The van der Waals surface area contributed by atoms with E-state index in [4.69, 9.17) is 16.3 Å².